The molecule has 5 nitrogen and oxygen atoms in total. The first kappa shape index (κ1) is 13.9. The molecule has 2 heterocycles. The number of nitrogens with zero attached hydrogens (tertiary/aromatic N) is 2. The summed E-state index contributed by atoms with van der Waals surface area (Å²) < 4.78 is 0. The minimum atomic E-state index is 0.636. The molecule has 20 heavy (non-hydrogen) atoms. The molecule has 1 aromatic heterocycles. The van der Waals surface area contributed by atoms with Gasteiger partial charge in [-0.1, -0.05) is 0 Å². The van der Waals surface area contributed by atoms with E-state index in [1.54, 1.807) is 11.3 Å². The number of piperazine rings is 1. The Labute approximate surface area is 124 Å². The average molecular weight is 293 g/mol. The molecule has 3 rings (SSSR count). The van der Waals surface area contributed by atoms with E-state index in [9.17, 15) is 0 Å². The number of rotatable bonds is 4. The van der Waals surface area contributed by atoms with Gasteiger partial charge in [-0.2, -0.15) is 0 Å². The number of hydrogen-bond acceptors (Lipinski definition) is 5. The van der Waals surface area contributed by atoms with E-state index in [1.165, 1.54) is 16.9 Å². The van der Waals surface area contributed by atoms with Crippen LogP contribution in [-0.4, -0.2) is 50.0 Å². The largest absolute Gasteiger partial charge is 0.390 e. The Bertz CT molecular complexity index is 502. The first-order chi connectivity index (χ1) is 9.75. The molecule has 0 bridgehead atoms. The van der Waals surface area contributed by atoms with Gasteiger partial charge in [0.15, 0.2) is 0 Å². The quantitative estimate of drug-likeness (QED) is 0.555. The number of nitrogens with two attached hydrogens (primary N) is 2. The SMILES string of the molecule is NC(=NCCN1CCNCC1)c1c(N)sc2c1CCC2. The zero-order chi connectivity index (χ0) is 13.9. The van der Waals surface area contributed by atoms with Crippen molar-refractivity contribution in [3.8, 4) is 0 Å². The molecular formula is C14H23N5S. The Kier molecular flexibility index (Phi) is 4.24. The van der Waals surface area contributed by atoms with Gasteiger partial charge in [-0.05, 0) is 24.8 Å². The molecule has 5 N–H and O–H groups in total. The monoisotopic (exact) mass is 293 g/mol. The van der Waals surface area contributed by atoms with Crippen molar-refractivity contribution in [1.29, 1.82) is 0 Å². The normalized spacial score (nSPS) is 20.3. The van der Waals surface area contributed by atoms with E-state index in [-0.39, 0.29) is 0 Å². The molecule has 0 saturated carbocycles. The third-order valence-electron chi connectivity index (χ3n) is 4.11. The van der Waals surface area contributed by atoms with Crippen LogP contribution in [0.3, 0.4) is 0 Å². The fourth-order valence-corrected chi connectivity index (χ4v) is 4.20. The van der Waals surface area contributed by atoms with Gasteiger partial charge in [0.2, 0.25) is 0 Å². The van der Waals surface area contributed by atoms with Gasteiger partial charge in [-0.3, -0.25) is 9.89 Å². The van der Waals surface area contributed by atoms with Gasteiger partial charge in [0.1, 0.15) is 5.84 Å². The predicted molar refractivity (Wildman–Crippen MR) is 85.7 cm³/mol. The molecule has 1 saturated heterocycles. The highest BCUT2D eigenvalue weighted by atomic mass is 32.1. The lowest BCUT2D eigenvalue weighted by atomic mass is 10.1. The van der Waals surface area contributed by atoms with Gasteiger partial charge in [0.05, 0.1) is 17.1 Å². The molecule has 1 aliphatic heterocycles. The minimum absolute atomic E-state index is 0.636. The van der Waals surface area contributed by atoms with Crippen LogP contribution in [-0.2, 0) is 12.8 Å². The van der Waals surface area contributed by atoms with Crippen LogP contribution in [0, 0.1) is 0 Å². The van der Waals surface area contributed by atoms with Gasteiger partial charge in [-0.25, -0.2) is 0 Å². The van der Waals surface area contributed by atoms with Gasteiger partial charge in [0.25, 0.3) is 0 Å². The maximum absolute atomic E-state index is 6.17. The van der Waals surface area contributed by atoms with Gasteiger partial charge in [0, 0.05) is 37.6 Å². The zero-order valence-electron chi connectivity index (χ0n) is 11.8. The number of amidine groups is 1. The van der Waals surface area contributed by atoms with Crippen LogP contribution in [0.5, 0.6) is 0 Å². The molecule has 0 spiro atoms. The molecule has 0 radical (unpaired) electrons. The molecule has 6 heteroatoms. The van der Waals surface area contributed by atoms with E-state index in [0.29, 0.717) is 5.84 Å². The first-order valence-corrected chi connectivity index (χ1v) is 8.20. The third kappa shape index (κ3) is 2.82. The second-order valence-corrected chi connectivity index (χ2v) is 6.59. The fourth-order valence-electron chi connectivity index (χ4n) is 3.03. The smallest absolute Gasteiger partial charge is 0.128 e. The fraction of sp³-hybridized carbons (Fsp3) is 0.643. The van der Waals surface area contributed by atoms with E-state index in [4.69, 9.17) is 11.5 Å². The number of fused-ring (bicyclic) bond motifs is 1. The van der Waals surface area contributed by atoms with Crippen molar-refractivity contribution >= 4 is 22.2 Å². The Morgan fingerprint density at radius 2 is 2.10 bits per heavy atom. The Balaban J connectivity index is 1.63. The number of nitrogen functional groups attached to an aromatic ring is 1. The summed E-state index contributed by atoms with van der Waals surface area (Å²) in [5, 5.41) is 4.20. The molecule has 0 amide bonds. The maximum atomic E-state index is 6.17. The molecule has 1 aromatic rings. The highest BCUT2D eigenvalue weighted by molar-refractivity contribution is 7.16. The predicted octanol–water partition coefficient (Wildman–Crippen LogP) is 0.430. The summed E-state index contributed by atoms with van der Waals surface area (Å²) in [5.74, 6) is 0.636. The molecule has 110 valence electrons. The van der Waals surface area contributed by atoms with Gasteiger partial charge < -0.3 is 16.8 Å². The van der Waals surface area contributed by atoms with E-state index >= 15 is 0 Å². The number of aryl methyl sites for hydroxylation is 1. The van der Waals surface area contributed by atoms with Crippen LogP contribution in [0.4, 0.5) is 5.00 Å². The average Bonchev–Trinajstić information content (AvgIpc) is 2.99. The molecule has 0 atom stereocenters. The lowest BCUT2D eigenvalue weighted by molar-refractivity contribution is 0.247. The van der Waals surface area contributed by atoms with Crippen LogP contribution in [0.2, 0.25) is 0 Å². The second kappa shape index (κ2) is 6.11. The van der Waals surface area contributed by atoms with Crippen LogP contribution in [0.25, 0.3) is 0 Å². The summed E-state index contributed by atoms with van der Waals surface area (Å²) in [7, 11) is 0. The summed E-state index contributed by atoms with van der Waals surface area (Å²) in [6.45, 7) is 6.09. The summed E-state index contributed by atoms with van der Waals surface area (Å²) in [6.07, 6.45) is 3.48. The van der Waals surface area contributed by atoms with Crippen molar-refractivity contribution in [1.82, 2.24) is 10.2 Å². The van der Waals surface area contributed by atoms with E-state index < -0.39 is 0 Å². The lowest BCUT2D eigenvalue weighted by Crippen LogP contribution is -2.44. The van der Waals surface area contributed by atoms with Crippen LogP contribution in [0.1, 0.15) is 22.4 Å². The highest BCUT2D eigenvalue weighted by Gasteiger charge is 2.22. The Hall–Kier alpha value is -1.11. The molecule has 0 unspecified atom stereocenters. The van der Waals surface area contributed by atoms with Gasteiger partial charge in [-0.15, -0.1) is 11.3 Å². The zero-order valence-corrected chi connectivity index (χ0v) is 12.6. The summed E-state index contributed by atoms with van der Waals surface area (Å²) >= 11 is 1.69. The van der Waals surface area contributed by atoms with Crippen molar-refractivity contribution in [3.63, 3.8) is 0 Å². The van der Waals surface area contributed by atoms with Crippen molar-refractivity contribution in [2.45, 2.75) is 19.3 Å². The third-order valence-corrected chi connectivity index (χ3v) is 5.23. The topological polar surface area (TPSA) is 79.7 Å². The van der Waals surface area contributed by atoms with Crippen LogP contribution < -0.4 is 16.8 Å². The Morgan fingerprint density at radius 3 is 2.90 bits per heavy atom. The van der Waals surface area contributed by atoms with Crippen LogP contribution in [0.15, 0.2) is 4.99 Å². The second-order valence-electron chi connectivity index (χ2n) is 5.46. The number of aliphatic imine (C=N–C) groups is 1. The van der Waals surface area contributed by atoms with E-state index in [0.717, 1.165) is 62.7 Å². The number of nitrogens with one attached hydrogen (secondary N) is 1. The van der Waals surface area contributed by atoms with Crippen molar-refractivity contribution in [2.24, 2.45) is 10.7 Å². The molecule has 1 aliphatic carbocycles. The van der Waals surface area contributed by atoms with E-state index in [2.05, 4.69) is 15.2 Å². The Morgan fingerprint density at radius 1 is 1.30 bits per heavy atom. The summed E-state index contributed by atoms with van der Waals surface area (Å²) in [6, 6.07) is 0. The molecule has 1 fully saturated rings. The summed E-state index contributed by atoms with van der Waals surface area (Å²) in [4.78, 5) is 8.40. The van der Waals surface area contributed by atoms with E-state index in [1.807, 2.05) is 0 Å². The standard InChI is InChI=1S/C14H23N5S/c15-13(18-6-9-19-7-4-17-5-8-19)12-10-2-1-3-11(10)20-14(12)16/h17H,1-9,16H2,(H2,15,18). The van der Waals surface area contributed by atoms with Crippen LogP contribution >= 0.6 is 11.3 Å². The van der Waals surface area contributed by atoms with Crippen molar-refractivity contribution in [3.05, 3.63) is 16.0 Å². The van der Waals surface area contributed by atoms with Crippen molar-refractivity contribution < 1.29 is 0 Å². The number of thiophene rings is 1. The first-order valence-electron chi connectivity index (χ1n) is 7.39. The highest BCUT2D eigenvalue weighted by Crippen LogP contribution is 2.36. The lowest BCUT2D eigenvalue weighted by Gasteiger charge is -2.26. The number of anilines is 1. The van der Waals surface area contributed by atoms with Gasteiger partial charge >= 0.3 is 0 Å². The molecular weight excluding hydrogens is 270 g/mol. The molecule has 0 aromatic carbocycles. The molecule has 2 aliphatic rings. The number of hydrogen-bond donors (Lipinski definition) is 3. The summed E-state index contributed by atoms with van der Waals surface area (Å²) in [5.41, 5.74) is 14.7. The van der Waals surface area contributed by atoms with Crippen molar-refractivity contribution in [2.75, 3.05) is 45.0 Å². The minimum Gasteiger partial charge on any atom is -0.390 e. The maximum Gasteiger partial charge on any atom is 0.128 e.